The first kappa shape index (κ1) is 15.7. The third-order valence-electron chi connectivity index (χ3n) is 2.79. The maximum Gasteiger partial charge on any atom is 0.303 e. The Balaban J connectivity index is 2.36. The summed E-state index contributed by atoms with van der Waals surface area (Å²) in [4.78, 5) is 22.0. The smallest absolute Gasteiger partial charge is 0.303 e. The van der Waals surface area contributed by atoms with Crippen LogP contribution in [0.1, 0.15) is 44.2 Å². The Kier molecular flexibility index (Phi) is 6.56. The van der Waals surface area contributed by atoms with Crippen LogP contribution in [0.3, 0.4) is 0 Å². The van der Waals surface area contributed by atoms with Crippen molar-refractivity contribution in [3.63, 3.8) is 0 Å². The van der Waals surface area contributed by atoms with Crippen molar-refractivity contribution in [1.29, 1.82) is 0 Å². The second kappa shape index (κ2) is 7.94. The standard InChI is InChI=1S/C14H18BrNO3/c1-10(11-6-2-3-7-12(11)15)16-13(17)8-4-5-9-14(18)19/h2-3,6-7,10H,4-5,8-9H2,1H3,(H,16,17)(H,18,19)/t10-/m1/s1. The maximum absolute atomic E-state index is 11.7. The highest BCUT2D eigenvalue weighted by Gasteiger charge is 2.11. The van der Waals surface area contributed by atoms with E-state index in [9.17, 15) is 9.59 Å². The molecular formula is C14H18BrNO3. The van der Waals surface area contributed by atoms with Crippen molar-refractivity contribution in [2.45, 2.75) is 38.6 Å². The lowest BCUT2D eigenvalue weighted by Gasteiger charge is -2.15. The van der Waals surface area contributed by atoms with Gasteiger partial charge in [-0.05, 0) is 31.4 Å². The van der Waals surface area contributed by atoms with E-state index in [4.69, 9.17) is 5.11 Å². The molecule has 1 amide bonds. The van der Waals surface area contributed by atoms with Crippen LogP contribution in [0.15, 0.2) is 28.7 Å². The number of nitrogens with one attached hydrogen (secondary N) is 1. The molecule has 0 heterocycles. The molecule has 4 nitrogen and oxygen atoms in total. The third kappa shape index (κ3) is 5.87. The summed E-state index contributed by atoms with van der Waals surface area (Å²) >= 11 is 3.45. The number of hydrogen-bond acceptors (Lipinski definition) is 2. The second-order valence-corrected chi connectivity index (χ2v) is 5.27. The lowest BCUT2D eigenvalue weighted by Crippen LogP contribution is -2.26. The number of carbonyl (C=O) groups is 2. The van der Waals surface area contributed by atoms with E-state index in [-0.39, 0.29) is 18.4 Å². The Hall–Kier alpha value is -1.36. The highest BCUT2D eigenvalue weighted by molar-refractivity contribution is 9.10. The van der Waals surface area contributed by atoms with Crippen LogP contribution in [0.5, 0.6) is 0 Å². The Morgan fingerprint density at radius 3 is 2.53 bits per heavy atom. The molecular weight excluding hydrogens is 310 g/mol. The Labute approximate surface area is 121 Å². The summed E-state index contributed by atoms with van der Waals surface area (Å²) in [6.45, 7) is 1.93. The summed E-state index contributed by atoms with van der Waals surface area (Å²) in [7, 11) is 0. The van der Waals surface area contributed by atoms with E-state index in [0.717, 1.165) is 10.0 Å². The van der Waals surface area contributed by atoms with E-state index in [2.05, 4.69) is 21.2 Å². The minimum absolute atomic E-state index is 0.0476. The highest BCUT2D eigenvalue weighted by Crippen LogP contribution is 2.22. The molecule has 1 rings (SSSR count). The van der Waals surface area contributed by atoms with Crippen molar-refractivity contribution in [2.75, 3.05) is 0 Å². The van der Waals surface area contributed by atoms with Gasteiger partial charge in [-0.15, -0.1) is 0 Å². The van der Waals surface area contributed by atoms with Crippen LogP contribution in [-0.4, -0.2) is 17.0 Å². The van der Waals surface area contributed by atoms with Crippen LogP contribution in [-0.2, 0) is 9.59 Å². The van der Waals surface area contributed by atoms with Crippen molar-refractivity contribution in [3.05, 3.63) is 34.3 Å². The number of carboxylic acids is 1. The lowest BCUT2D eigenvalue weighted by atomic mass is 10.1. The highest BCUT2D eigenvalue weighted by atomic mass is 79.9. The topological polar surface area (TPSA) is 66.4 Å². The molecule has 0 unspecified atom stereocenters. The fourth-order valence-corrected chi connectivity index (χ4v) is 2.41. The molecule has 0 saturated heterocycles. The molecule has 0 fully saturated rings. The average Bonchev–Trinajstić information content (AvgIpc) is 2.35. The monoisotopic (exact) mass is 327 g/mol. The van der Waals surface area contributed by atoms with Crippen molar-refractivity contribution < 1.29 is 14.7 Å². The largest absolute Gasteiger partial charge is 0.481 e. The van der Waals surface area contributed by atoms with Gasteiger partial charge in [0.25, 0.3) is 0 Å². The van der Waals surface area contributed by atoms with Crippen molar-refractivity contribution >= 4 is 27.8 Å². The number of rotatable bonds is 7. The Morgan fingerprint density at radius 1 is 1.26 bits per heavy atom. The normalized spacial score (nSPS) is 11.9. The summed E-state index contributed by atoms with van der Waals surface area (Å²) in [6.07, 6.45) is 1.61. The van der Waals surface area contributed by atoms with Gasteiger partial charge in [0.1, 0.15) is 0 Å². The number of aliphatic carboxylic acids is 1. The number of hydrogen-bond donors (Lipinski definition) is 2. The predicted molar refractivity (Wildman–Crippen MR) is 76.8 cm³/mol. The number of amides is 1. The quantitative estimate of drug-likeness (QED) is 0.755. The molecule has 1 aromatic carbocycles. The summed E-state index contributed by atoms with van der Waals surface area (Å²) in [5, 5.41) is 11.4. The number of unbranched alkanes of at least 4 members (excludes halogenated alkanes) is 1. The molecule has 0 aliphatic heterocycles. The van der Waals surface area contributed by atoms with Crippen molar-refractivity contribution in [2.24, 2.45) is 0 Å². The first-order chi connectivity index (χ1) is 9.00. The van der Waals surface area contributed by atoms with Gasteiger partial charge in [-0.25, -0.2) is 0 Å². The molecule has 0 saturated carbocycles. The van der Waals surface area contributed by atoms with E-state index in [1.54, 1.807) is 0 Å². The van der Waals surface area contributed by atoms with Gasteiger partial charge < -0.3 is 10.4 Å². The van der Waals surface area contributed by atoms with Gasteiger partial charge in [0.05, 0.1) is 6.04 Å². The molecule has 1 atom stereocenters. The zero-order chi connectivity index (χ0) is 14.3. The van der Waals surface area contributed by atoms with Crippen LogP contribution >= 0.6 is 15.9 Å². The number of carbonyl (C=O) groups excluding carboxylic acids is 1. The molecule has 0 aromatic heterocycles. The van der Waals surface area contributed by atoms with E-state index in [1.807, 2.05) is 31.2 Å². The van der Waals surface area contributed by atoms with E-state index in [1.165, 1.54) is 0 Å². The van der Waals surface area contributed by atoms with Gasteiger partial charge >= 0.3 is 5.97 Å². The maximum atomic E-state index is 11.7. The summed E-state index contributed by atoms with van der Waals surface area (Å²) in [5.74, 6) is -0.865. The number of halogens is 1. The van der Waals surface area contributed by atoms with Crippen LogP contribution in [0, 0.1) is 0 Å². The van der Waals surface area contributed by atoms with Crippen molar-refractivity contribution in [1.82, 2.24) is 5.32 Å². The minimum Gasteiger partial charge on any atom is -0.481 e. The zero-order valence-electron chi connectivity index (χ0n) is 10.9. The second-order valence-electron chi connectivity index (χ2n) is 4.41. The number of carboxylic acid groups (broad SMARTS) is 1. The molecule has 0 spiro atoms. The van der Waals surface area contributed by atoms with E-state index >= 15 is 0 Å². The summed E-state index contributed by atoms with van der Waals surface area (Å²) in [6, 6.07) is 7.68. The fourth-order valence-electron chi connectivity index (χ4n) is 1.78. The Bertz CT molecular complexity index is 448. The van der Waals surface area contributed by atoms with Crippen LogP contribution < -0.4 is 5.32 Å². The third-order valence-corrected chi connectivity index (χ3v) is 3.52. The fraction of sp³-hybridized carbons (Fsp3) is 0.429. The van der Waals surface area contributed by atoms with Crippen LogP contribution in [0.25, 0.3) is 0 Å². The number of benzene rings is 1. The lowest BCUT2D eigenvalue weighted by molar-refractivity contribution is -0.137. The Morgan fingerprint density at radius 2 is 1.89 bits per heavy atom. The van der Waals surface area contributed by atoms with Gasteiger partial charge in [0.2, 0.25) is 5.91 Å². The first-order valence-electron chi connectivity index (χ1n) is 6.26. The van der Waals surface area contributed by atoms with E-state index < -0.39 is 5.97 Å². The van der Waals surface area contributed by atoms with Crippen molar-refractivity contribution in [3.8, 4) is 0 Å². The van der Waals surface area contributed by atoms with Gasteiger partial charge in [0, 0.05) is 17.3 Å². The zero-order valence-corrected chi connectivity index (χ0v) is 12.4. The summed E-state index contributed by atoms with van der Waals surface area (Å²) < 4.78 is 0.966. The van der Waals surface area contributed by atoms with Crippen LogP contribution in [0.4, 0.5) is 0 Å². The van der Waals surface area contributed by atoms with Gasteiger partial charge in [0.15, 0.2) is 0 Å². The summed E-state index contributed by atoms with van der Waals surface area (Å²) in [5.41, 5.74) is 1.03. The first-order valence-corrected chi connectivity index (χ1v) is 7.05. The molecule has 0 aliphatic carbocycles. The minimum atomic E-state index is -0.818. The molecule has 0 aliphatic rings. The molecule has 0 radical (unpaired) electrons. The molecule has 0 bridgehead atoms. The van der Waals surface area contributed by atoms with Gasteiger partial charge in [-0.3, -0.25) is 9.59 Å². The van der Waals surface area contributed by atoms with E-state index in [0.29, 0.717) is 19.3 Å². The molecule has 1 aromatic rings. The molecule has 19 heavy (non-hydrogen) atoms. The SMILES string of the molecule is C[C@@H](NC(=O)CCCCC(=O)O)c1ccccc1Br. The van der Waals surface area contributed by atoms with Crippen LogP contribution in [0.2, 0.25) is 0 Å². The van der Waals surface area contributed by atoms with Gasteiger partial charge in [-0.2, -0.15) is 0 Å². The molecule has 104 valence electrons. The van der Waals surface area contributed by atoms with Gasteiger partial charge in [-0.1, -0.05) is 34.1 Å². The molecule has 2 N–H and O–H groups in total. The molecule has 5 heteroatoms. The predicted octanol–water partition coefficient (Wildman–Crippen LogP) is 3.27. The average molecular weight is 328 g/mol.